The first-order chi connectivity index (χ1) is 5.25. The lowest BCUT2D eigenvalue weighted by atomic mass is 10.2. The monoisotopic (exact) mass is 261 g/mol. The van der Waals surface area contributed by atoms with Crippen LogP contribution in [0.5, 0.6) is 0 Å². The van der Waals surface area contributed by atoms with Crippen LogP contribution in [0.2, 0.25) is 0 Å². The van der Waals surface area contributed by atoms with Crippen LogP contribution in [0.3, 0.4) is 0 Å². The molecule has 1 aliphatic carbocycles. The summed E-state index contributed by atoms with van der Waals surface area (Å²) in [6.07, 6.45) is 2.46. The number of hydrogen-bond acceptors (Lipinski definition) is 1. The van der Waals surface area contributed by atoms with E-state index in [-0.39, 0.29) is 5.56 Å². The van der Waals surface area contributed by atoms with Gasteiger partial charge in [0.1, 0.15) is 0 Å². The molecule has 2 rings (SSSR count). The molecule has 0 aromatic carbocycles. The largest absolute Gasteiger partial charge is 0.326 e. The third-order valence-electron chi connectivity index (χ3n) is 1.85. The fraction of sp³-hybridized carbons (Fsp3) is 0.375. The van der Waals surface area contributed by atoms with E-state index < -0.39 is 0 Å². The smallest absolute Gasteiger partial charge is 0.249 e. The molecule has 2 nitrogen and oxygen atoms in total. The predicted molar refractivity (Wildman–Crippen MR) is 51.8 cm³/mol. The van der Waals surface area contributed by atoms with Gasteiger partial charge in [0.15, 0.2) is 0 Å². The van der Waals surface area contributed by atoms with Gasteiger partial charge in [-0.1, -0.05) is 0 Å². The maximum Gasteiger partial charge on any atom is 0.249 e. The van der Waals surface area contributed by atoms with E-state index in [9.17, 15) is 4.79 Å². The van der Waals surface area contributed by atoms with Gasteiger partial charge in [-0.15, -0.1) is 0 Å². The van der Waals surface area contributed by atoms with Gasteiger partial charge in [-0.25, -0.2) is 0 Å². The zero-order chi connectivity index (χ0) is 7.84. The van der Waals surface area contributed by atoms with Gasteiger partial charge in [-0.05, 0) is 47.4 Å². The van der Waals surface area contributed by atoms with Crippen molar-refractivity contribution in [1.82, 2.24) is 4.98 Å². The van der Waals surface area contributed by atoms with E-state index in [0.29, 0.717) is 5.92 Å². The van der Waals surface area contributed by atoms with Crippen LogP contribution in [-0.2, 0) is 0 Å². The van der Waals surface area contributed by atoms with Crippen molar-refractivity contribution in [3.63, 3.8) is 0 Å². The van der Waals surface area contributed by atoms with Crippen molar-refractivity contribution >= 4 is 22.6 Å². The van der Waals surface area contributed by atoms with Crippen LogP contribution in [0.25, 0.3) is 0 Å². The van der Waals surface area contributed by atoms with Crippen LogP contribution in [0.1, 0.15) is 24.5 Å². The van der Waals surface area contributed by atoms with Crippen molar-refractivity contribution in [3.8, 4) is 0 Å². The Hall–Kier alpha value is -0.320. The Morgan fingerprint density at radius 3 is 2.73 bits per heavy atom. The number of pyridine rings is 1. The second-order valence-corrected chi connectivity index (χ2v) is 4.14. The average Bonchev–Trinajstić information content (AvgIpc) is 2.64. The van der Waals surface area contributed by atoms with Gasteiger partial charge in [0.05, 0.1) is 0 Å². The molecule has 1 saturated carbocycles. The molecule has 0 bridgehead atoms. The highest BCUT2D eigenvalue weighted by Crippen LogP contribution is 2.38. The summed E-state index contributed by atoms with van der Waals surface area (Å²) in [4.78, 5) is 13.8. The minimum atomic E-state index is 0.0267. The maximum absolute atomic E-state index is 11.0. The minimum Gasteiger partial charge on any atom is -0.326 e. The molecule has 0 aliphatic heterocycles. The fourth-order valence-corrected chi connectivity index (χ4v) is 1.76. The molecule has 0 unspecified atom stereocenters. The second-order valence-electron chi connectivity index (χ2n) is 2.89. The van der Waals surface area contributed by atoms with E-state index in [2.05, 4.69) is 33.6 Å². The molecule has 11 heavy (non-hydrogen) atoms. The SMILES string of the molecule is O=c1cc(I)cc(C2CC2)[nH]1. The molecule has 1 aromatic heterocycles. The van der Waals surface area contributed by atoms with E-state index in [1.165, 1.54) is 12.8 Å². The highest BCUT2D eigenvalue weighted by molar-refractivity contribution is 14.1. The summed E-state index contributed by atoms with van der Waals surface area (Å²) in [5.41, 5.74) is 1.14. The summed E-state index contributed by atoms with van der Waals surface area (Å²) >= 11 is 2.17. The number of nitrogens with one attached hydrogen (secondary N) is 1. The quantitative estimate of drug-likeness (QED) is 0.769. The lowest BCUT2D eigenvalue weighted by Crippen LogP contribution is -2.07. The maximum atomic E-state index is 11.0. The Morgan fingerprint density at radius 1 is 1.45 bits per heavy atom. The van der Waals surface area contributed by atoms with Crippen LogP contribution in [0.4, 0.5) is 0 Å². The minimum absolute atomic E-state index is 0.0267. The Balaban J connectivity index is 2.47. The van der Waals surface area contributed by atoms with Crippen LogP contribution in [-0.4, -0.2) is 4.98 Å². The Morgan fingerprint density at radius 2 is 2.18 bits per heavy atom. The zero-order valence-electron chi connectivity index (χ0n) is 5.93. The highest BCUT2D eigenvalue weighted by Gasteiger charge is 2.24. The van der Waals surface area contributed by atoms with Crippen LogP contribution in [0, 0.1) is 3.57 Å². The van der Waals surface area contributed by atoms with E-state index in [4.69, 9.17) is 0 Å². The first-order valence-electron chi connectivity index (χ1n) is 3.65. The number of aromatic nitrogens is 1. The lowest BCUT2D eigenvalue weighted by molar-refractivity contribution is 0.995. The normalized spacial score (nSPS) is 16.8. The predicted octanol–water partition coefficient (Wildman–Crippen LogP) is 1.86. The molecule has 1 aromatic rings. The van der Waals surface area contributed by atoms with Gasteiger partial charge in [0.25, 0.3) is 0 Å². The van der Waals surface area contributed by atoms with Crippen molar-refractivity contribution in [2.75, 3.05) is 0 Å². The van der Waals surface area contributed by atoms with Crippen molar-refractivity contribution in [2.24, 2.45) is 0 Å². The van der Waals surface area contributed by atoms with Crippen molar-refractivity contribution in [1.29, 1.82) is 0 Å². The fourth-order valence-electron chi connectivity index (χ4n) is 1.14. The van der Waals surface area contributed by atoms with Crippen LogP contribution < -0.4 is 5.56 Å². The molecule has 58 valence electrons. The molecule has 0 spiro atoms. The van der Waals surface area contributed by atoms with Crippen molar-refractivity contribution in [2.45, 2.75) is 18.8 Å². The van der Waals surface area contributed by atoms with Gasteiger partial charge in [0.2, 0.25) is 5.56 Å². The van der Waals surface area contributed by atoms with E-state index in [1.807, 2.05) is 0 Å². The van der Waals surface area contributed by atoms with Gasteiger partial charge >= 0.3 is 0 Å². The van der Waals surface area contributed by atoms with E-state index >= 15 is 0 Å². The molecule has 0 atom stereocenters. The number of hydrogen-bond donors (Lipinski definition) is 1. The summed E-state index contributed by atoms with van der Waals surface area (Å²) < 4.78 is 1.04. The number of rotatable bonds is 1. The van der Waals surface area contributed by atoms with Gasteiger partial charge in [0, 0.05) is 15.3 Å². The summed E-state index contributed by atoms with van der Waals surface area (Å²) in [7, 11) is 0. The van der Waals surface area contributed by atoms with Crippen molar-refractivity contribution < 1.29 is 0 Å². The highest BCUT2D eigenvalue weighted by atomic mass is 127. The van der Waals surface area contributed by atoms with E-state index in [0.717, 1.165) is 9.26 Å². The Labute approximate surface area is 78.2 Å². The molecule has 1 aliphatic rings. The lowest BCUT2D eigenvalue weighted by Gasteiger charge is -1.96. The summed E-state index contributed by atoms with van der Waals surface area (Å²) in [6.45, 7) is 0. The number of halogens is 1. The first kappa shape index (κ1) is 7.34. The third kappa shape index (κ3) is 1.64. The molecule has 1 heterocycles. The zero-order valence-corrected chi connectivity index (χ0v) is 8.09. The van der Waals surface area contributed by atoms with Gasteiger partial charge in [-0.2, -0.15) is 0 Å². The van der Waals surface area contributed by atoms with Gasteiger partial charge in [-0.3, -0.25) is 4.79 Å². The Bertz CT molecular complexity index is 327. The molecular formula is C8H8INO. The molecule has 0 radical (unpaired) electrons. The summed E-state index contributed by atoms with van der Waals surface area (Å²) in [5.74, 6) is 0.636. The topological polar surface area (TPSA) is 32.9 Å². The summed E-state index contributed by atoms with van der Waals surface area (Å²) in [6, 6.07) is 3.67. The van der Waals surface area contributed by atoms with Crippen molar-refractivity contribution in [3.05, 3.63) is 31.8 Å². The molecule has 0 saturated heterocycles. The molecule has 1 N–H and O–H groups in total. The molecule has 0 amide bonds. The standard InChI is InChI=1S/C8H8INO/c9-6-3-7(5-1-2-5)10-8(11)4-6/h3-5H,1-2H2,(H,10,11). The molecule has 3 heteroatoms. The Kier molecular flexibility index (Phi) is 1.75. The average molecular weight is 261 g/mol. The van der Waals surface area contributed by atoms with Crippen LogP contribution in [0.15, 0.2) is 16.9 Å². The third-order valence-corrected chi connectivity index (χ3v) is 2.47. The summed E-state index contributed by atoms with van der Waals surface area (Å²) in [5, 5.41) is 0. The number of H-pyrrole nitrogens is 1. The van der Waals surface area contributed by atoms with E-state index in [1.54, 1.807) is 6.07 Å². The molecular weight excluding hydrogens is 253 g/mol. The van der Waals surface area contributed by atoms with Gasteiger partial charge < -0.3 is 4.98 Å². The molecule has 1 fully saturated rings. The first-order valence-corrected chi connectivity index (χ1v) is 4.73. The second kappa shape index (κ2) is 2.62. The van der Waals surface area contributed by atoms with Crippen LogP contribution >= 0.6 is 22.6 Å². The number of aromatic amines is 1.